The number of rotatable bonds is 1. The Bertz CT molecular complexity index is 331. The van der Waals surface area contributed by atoms with E-state index in [1.807, 2.05) is 0 Å². The molecule has 0 bridgehead atoms. The topological polar surface area (TPSA) is 82.1 Å². The second-order valence-electron chi connectivity index (χ2n) is 2.35. The third kappa shape index (κ3) is 1.73. The average molecular weight is 187 g/mol. The van der Waals surface area contributed by atoms with E-state index in [1.165, 1.54) is 5.48 Å². The van der Waals surface area contributed by atoms with Gasteiger partial charge in [-0.1, -0.05) is 0 Å². The molecule has 0 saturated heterocycles. The smallest absolute Gasteiger partial charge is 0.155 e. The minimum atomic E-state index is -0.996. The summed E-state index contributed by atoms with van der Waals surface area (Å²) in [5.41, 5.74) is 5.76. The maximum Gasteiger partial charge on any atom is 0.155 e. The number of amidine groups is 1. The lowest BCUT2D eigenvalue weighted by molar-refractivity contribution is 0.233. The van der Waals surface area contributed by atoms with Crippen LogP contribution in [0.25, 0.3) is 0 Å². The summed E-state index contributed by atoms with van der Waals surface area (Å²) in [7, 11) is 0. The standard InChI is InChI=1S/C7H7F2N3O/c8-4-1-3(10)2-5(9)6(4)7(11)12-13/h1-2,13H,10H2,(H2,11,12). The van der Waals surface area contributed by atoms with Crippen LogP contribution in [0.5, 0.6) is 0 Å². The van der Waals surface area contributed by atoms with Gasteiger partial charge in [-0.15, -0.1) is 0 Å². The quantitative estimate of drug-likeness (QED) is 0.228. The zero-order chi connectivity index (χ0) is 10.0. The van der Waals surface area contributed by atoms with Gasteiger partial charge < -0.3 is 5.73 Å². The number of nitrogens with one attached hydrogen (secondary N) is 2. The number of hydroxylamine groups is 1. The molecule has 70 valence electrons. The molecule has 0 unspecified atom stereocenters. The van der Waals surface area contributed by atoms with Crippen LogP contribution in [-0.2, 0) is 0 Å². The Hall–Kier alpha value is -1.69. The highest BCUT2D eigenvalue weighted by Gasteiger charge is 2.14. The van der Waals surface area contributed by atoms with E-state index in [0.717, 1.165) is 12.1 Å². The fourth-order valence-electron chi connectivity index (χ4n) is 0.887. The molecule has 0 aliphatic heterocycles. The van der Waals surface area contributed by atoms with E-state index in [-0.39, 0.29) is 5.69 Å². The van der Waals surface area contributed by atoms with E-state index in [2.05, 4.69) is 0 Å². The lowest BCUT2D eigenvalue weighted by atomic mass is 10.1. The highest BCUT2D eigenvalue weighted by Crippen LogP contribution is 2.16. The summed E-state index contributed by atoms with van der Waals surface area (Å²) in [5.74, 6) is -2.75. The van der Waals surface area contributed by atoms with Crippen molar-refractivity contribution in [3.8, 4) is 0 Å². The normalized spacial score (nSPS) is 9.77. The van der Waals surface area contributed by atoms with Gasteiger partial charge in [0.15, 0.2) is 5.84 Å². The van der Waals surface area contributed by atoms with Crippen molar-refractivity contribution in [1.82, 2.24) is 5.48 Å². The average Bonchev–Trinajstić information content (AvgIpc) is 2.02. The van der Waals surface area contributed by atoms with E-state index in [9.17, 15) is 8.78 Å². The molecule has 13 heavy (non-hydrogen) atoms. The van der Waals surface area contributed by atoms with Crippen LogP contribution in [0, 0.1) is 17.0 Å². The number of hydrogen-bond acceptors (Lipinski definition) is 3. The van der Waals surface area contributed by atoms with Gasteiger partial charge in [0.1, 0.15) is 11.6 Å². The molecule has 0 spiro atoms. The molecule has 1 aromatic rings. The van der Waals surface area contributed by atoms with E-state index < -0.39 is 23.0 Å². The molecule has 0 heterocycles. The van der Waals surface area contributed by atoms with Crippen molar-refractivity contribution >= 4 is 11.5 Å². The van der Waals surface area contributed by atoms with Crippen LogP contribution in [-0.4, -0.2) is 11.0 Å². The molecule has 1 aromatic carbocycles. The molecule has 0 fully saturated rings. The molecule has 6 heteroatoms. The number of nitrogen functional groups attached to an aromatic ring is 1. The van der Waals surface area contributed by atoms with E-state index in [4.69, 9.17) is 16.4 Å². The first-order valence-electron chi connectivity index (χ1n) is 3.29. The second kappa shape index (κ2) is 3.36. The number of anilines is 1. The molecule has 0 aliphatic carbocycles. The number of nitrogens with two attached hydrogens (primary N) is 1. The van der Waals surface area contributed by atoms with Crippen LogP contribution in [0.1, 0.15) is 5.56 Å². The molecule has 5 N–H and O–H groups in total. The monoisotopic (exact) mass is 187 g/mol. The van der Waals surface area contributed by atoms with Crippen molar-refractivity contribution in [2.45, 2.75) is 0 Å². The Balaban J connectivity index is 3.28. The number of halogens is 2. The second-order valence-corrected chi connectivity index (χ2v) is 2.35. The third-order valence-electron chi connectivity index (χ3n) is 1.43. The molecular formula is C7H7F2N3O. The van der Waals surface area contributed by atoms with Crippen LogP contribution in [0.15, 0.2) is 12.1 Å². The van der Waals surface area contributed by atoms with Gasteiger partial charge in [-0.05, 0) is 12.1 Å². The Kier molecular flexibility index (Phi) is 2.43. The van der Waals surface area contributed by atoms with Crippen LogP contribution >= 0.6 is 0 Å². The fourth-order valence-corrected chi connectivity index (χ4v) is 0.887. The summed E-state index contributed by atoms with van der Waals surface area (Å²) in [6.45, 7) is 0. The van der Waals surface area contributed by atoms with Gasteiger partial charge >= 0.3 is 0 Å². The SMILES string of the molecule is N=C(NO)c1c(F)cc(N)cc1F. The molecule has 0 atom stereocenters. The molecule has 4 nitrogen and oxygen atoms in total. The number of benzene rings is 1. The van der Waals surface area contributed by atoms with Crippen LogP contribution in [0.3, 0.4) is 0 Å². The number of hydrogen-bond donors (Lipinski definition) is 4. The highest BCUT2D eigenvalue weighted by molar-refractivity contribution is 5.96. The van der Waals surface area contributed by atoms with Gasteiger partial charge in [0.05, 0.1) is 5.56 Å². The minimum absolute atomic E-state index is 0.0792. The Labute approximate surface area is 72.5 Å². The van der Waals surface area contributed by atoms with Gasteiger partial charge in [-0.25, -0.2) is 8.78 Å². The van der Waals surface area contributed by atoms with Gasteiger partial charge in [0, 0.05) is 5.69 Å². The first-order valence-corrected chi connectivity index (χ1v) is 3.29. The van der Waals surface area contributed by atoms with Gasteiger partial charge in [-0.2, -0.15) is 0 Å². The first-order chi connectivity index (χ1) is 6.06. The van der Waals surface area contributed by atoms with Crippen molar-refractivity contribution in [3.63, 3.8) is 0 Å². The van der Waals surface area contributed by atoms with Crippen LogP contribution in [0.2, 0.25) is 0 Å². The van der Waals surface area contributed by atoms with Gasteiger partial charge in [-0.3, -0.25) is 16.1 Å². The zero-order valence-electron chi connectivity index (χ0n) is 6.44. The predicted molar refractivity (Wildman–Crippen MR) is 42.5 cm³/mol. The lowest BCUT2D eigenvalue weighted by Crippen LogP contribution is -2.21. The molecule has 0 aromatic heterocycles. The molecule has 1 rings (SSSR count). The molecular weight excluding hydrogens is 180 g/mol. The maximum atomic E-state index is 12.9. The Morgan fingerprint density at radius 3 is 2.23 bits per heavy atom. The van der Waals surface area contributed by atoms with Crippen molar-refractivity contribution < 1.29 is 14.0 Å². The summed E-state index contributed by atoms with van der Waals surface area (Å²) in [5, 5.41) is 15.2. The van der Waals surface area contributed by atoms with Gasteiger partial charge in [0.25, 0.3) is 0 Å². The summed E-state index contributed by atoms with van der Waals surface area (Å²) in [4.78, 5) is 0. The van der Waals surface area contributed by atoms with Gasteiger partial charge in [0.2, 0.25) is 0 Å². The van der Waals surface area contributed by atoms with E-state index in [1.54, 1.807) is 0 Å². The van der Waals surface area contributed by atoms with Crippen molar-refractivity contribution in [2.75, 3.05) is 5.73 Å². The Morgan fingerprint density at radius 1 is 1.38 bits per heavy atom. The van der Waals surface area contributed by atoms with Crippen molar-refractivity contribution in [1.29, 1.82) is 5.41 Å². The first kappa shape index (κ1) is 9.40. The van der Waals surface area contributed by atoms with Crippen molar-refractivity contribution in [2.24, 2.45) is 0 Å². The minimum Gasteiger partial charge on any atom is -0.399 e. The Morgan fingerprint density at radius 2 is 1.85 bits per heavy atom. The van der Waals surface area contributed by atoms with Crippen LogP contribution < -0.4 is 11.2 Å². The van der Waals surface area contributed by atoms with E-state index >= 15 is 0 Å². The molecule has 0 radical (unpaired) electrons. The lowest BCUT2D eigenvalue weighted by Gasteiger charge is -2.05. The molecule has 0 amide bonds. The fraction of sp³-hybridized carbons (Fsp3) is 0. The zero-order valence-corrected chi connectivity index (χ0v) is 6.44. The maximum absolute atomic E-state index is 12.9. The summed E-state index contributed by atoms with van der Waals surface area (Å²) in [6, 6.07) is 1.73. The largest absolute Gasteiger partial charge is 0.399 e. The van der Waals surface area contributed by atoms with Crippen LogP contribution in [0.4, 0.5) is 14.5 Å². The molecule has 0 aliphatic rings. The molecule has 0 saturated carbocycles. The third-order valence-corrected chi connectivity index (χ3v) is 1.43. The van der Waals surface area contributed by atoms with Crippen molar-refractivity contribution in [3.05, 3.63) is 29.3 Å². The highest BCUT2D eigenvalue weighted by atomic mass is 19.1. The predicted octanol–water partition coefficient (Wildman–Crippen LogP) is 0.851. The summed E-state index contributed by atoms with van der Waals surface area (Å²) >= 11 is 0. The summed E-state index contributed by atoms with van der Waals surface area (Å²) in [6.07, 6.45) is 0. The summed E-state index contributed by atoms with van der Waals surface area (Å²) < 4.78 is 25.9. The van der Waals surface area contributed by atoms with E-state index in [0.29, 0.717) is 0 Å².